The third-order valence-corrected chi connectivity index (χ3v) is 5.91. The predicted molar refractivity (Wildman–Crippen MR) is 138 cm³/mol. The molecule has 1 fully saturated rings. The van der Waals surface area contributed by atoms with Crippen molar-refractivity contribution in [1.82, 2.24) is 10.3 Å². The van der Waals surface area contributed by atoms with Crippen LogP contribution in [0.15, 0.2) is 42.6 Å². The van der Waals surface area contributed by atoms with Crippen LogP contribution in [0.2, 0.25) is 0 Å². The maximum atomic E-state index is 13.2. The molecule has 1 aromatic carbocycles. The van der Waals surface area contributed by atoms with Crippen molar-refractivity contribution in [3.8, 4) is 11.5 Å². The number of carbonyl (C=O) groups excluding carboxylic acids is 3. The fourth-order valence-corrected chi connectivity index (χ4v) is 4.11. The van der Waals surface area contributed by atoms with E-state index in [-0.39, 0.29) is 42.2 Å². The van der Waals surface area contributed by atoms with Crippen LogP contribution < -0.4 is 14.8 Å². The number of nitrogens with one attached hydrogen (secondary N) is 1. The molecular formula is C28H36N2O8. The lowest BCUT2D eigenvalue weighted by molar-refractivity contribution is -0.165. The summed E-state index contributed by atoms with van der Waals surface area (Å²) in [6, 6.07) is 10.3. The third-order valence-electron chi connectivity index (χ3n) is 5.91. The summed E-state index contributed by atoms with van der Waals surface area (Å²) in [5, 5.41) is 2.65. The summed E-state index contributed by atoms with van der Waals surface area (Å²) in [6.45, 7) is 7.70. The third kappa shape index (κ3) is 8.00. The minimum absolute atomic E-state index is 0.133. The van der Waals surface area contributed by atoms with Gasteiger partial charge in [-0.15, -0.1) is 0 Å². The highest BCUT2D eigenvalue weighted by atomic mass is 16.6. The quantitative estimate of drug-likeness (QED) is 0.489. The summed E-state index contributed by atoms with van der Waals surface area (Å²) < 4.78 is 28.6. The number of hydrogen-bond donors (Lipinski definition) is 1. The molecule has 0 radical (unpaired) electrons. The van der Waals surface area contributed by atoms with E-state index in [1.54, 1.807) is 6.92 Å². The standard InChI is InChI=1S/C28H36N2O8/c1-17(2)16-36-25-18(3)37-28(33)21(12-14-35-23(25)15-20-9-7-6-8-10-20)30-27(32)24-26(38-19(4)31)22(34-5)11-13-29-24/h6-11,13,17-18,21,23,25H,12,14-16H2,1-5H3,(H,30,32)/t18-,21-,23+,25-/m0/s1. The second-order valence-electron chi connectivity index (χ2n) is 9.53. The normalized spacial score (nSPS) is 22.0. The molecule has 10 heteroatoms. The van der Waals surface area contributed by atoms with Gasteiger partial charge < -0.3 is 29.0 Å². The Morgan fingerprint density at radius 2 is 1.92 bits per heavy atom. The number of nitrogens with zero attached hydrogens (tertiary/aromatic N) is 1. The van der Waals surface area contributed by atoms with Crippen LogP contribution in [0.25, 0.3) is 0 Å². The number of esters is 2. The van der Waals surface area contributed by atoms with Gasteiger partial charge in [-0.1, -0.05) is 44.2 Å². The summed E-state index contributed by atoms with van der Waals surface area (Å²) in [7, 11) is 1.38. The van der Waals surface area contributed by atoms with Crippen molar-refractivity contribution >= 4 is 17.8 Å². The molecule has 0 saturated carbocycles. The van der Waals surface area contributed by atoms with Crippen LogP contribution in [0.5, 0.6) is 11.5 Å². The van der Waals surface area contributed by atoms with Gasteiger partial charge >= 0.3 is 11.9 Å². The molecule has 206 valence electrons. The minimum Gasteiger partial charge on any atom is -0.493 e. The topological polar surface area (TPSA) is 122 Å². The lowest BCUT2D eigenvalue weighted by atomic mass is 10.00. The molecule has 10 nitrogen and oxygen atoms in total. The van der Waals surface area contributed by atoms with E-state index in [9.17, 15) is 14.4 Å². The highest BCUT2D eigenvalue weighted by Crippen LogP contribution is 2.30. The number of carbonyl (C=O) groups is 3. The first-order chi connectivity index (χ1) is 18.2. The van der Waals surface area contributed by atoms with E-state index < -0.39 is 36.1 Å². The molecule has 0 unspecified atom stereocenters. The molecule has 3 rings (SSSR count). The molecule has 0 aliphatic carbocycles. The van der Waals surface area contributed by atoms with Gasteiger partial charge in [0.05, 0.1) is 13.2 Å². The van der Waals surface area contributed by atoms with Crippen LogP contribution in [-0.4, -0.2) is 67.5 Å². The van der Waals surface area contributed by atoms with Crippen LogP contribution in [0.1, 0.15) is 50.2 Å². The number of ether oxygens (including phenoxy) is 5. The maximum Gasteiger partial charge on any atom is 0.329 e. The number of aromatic nitrogens is 1. The first-order valence-corrected chi connectivity index (χ1v) is 12.7. The Hall–Kier alpha value is -3.50. The lowest BCUT2D eigenvalue weighted by Crippen LogP contribution is -2.46. The average Bonchev–Trinajstić information content (AvgIpc) is 2.92. The van der Waals surface area contributed by atoms with Crippen molar-refractivity contribution < 1.29 is 38.1 Å². The highest BCUT2D eigenvalue weighted by molar-refractivity contribution is 5.98. The van der Waals surface area contributed by atoms with Crippen molar-refractivity contribution in [1.29, 1.82) is 0 Å². The van der Waals surface area contributed by atoms with E-state index in [1.807, 2.05) is 44.2 Å². The Morgan fingerprint density at radius 3 is 2.58 bits per heavy atom. The van der Waals surface area contributed by atoms with Crippen LogP contribution in [0, 0.1) is 5.92 Å². The van der Waals surface area contributed by atoms with E-state index in [4.69, 9.17) is 23.7 Å². The summed E-state index contributed by atoms with van der Waals surface area (Å²) in [6.07, 6.45) is 0.557. The minimum atomic E-state index is -1.02. The fraction of sp³-hybridized carbons (Fsp3) is 0.500. The molecule has 38 heavy (non-hydrogen) atoms. The first kappa shape index (κ1) is 29.1. The number of methoxy groups -OCH3 is 1. The van der Waals surface area contributed by atoms with Crippen molar-refractivity contribution in [2.75, 3.05) is 20.3 Å². The molecule has 0 bridgehead atoms. The van der Waals surface area contributed by atoms with Crippen molar-refractivity contribution in [3.63, 3.8) is 0 Å². The molecule has 1 aliphatic rings. The zero-order valence-corrected chi connectivity index (χ0v) is 22.5. The van der Waals surface area contributed by atoms with Gasteiger partial charge in [-0.2, -0.15) is 0 Å². The fourth-order valence-electron chi connectivity index (χ4n) is 4.11. The van der Waals surface area contributed by atoms with Crippen LogP contribution in [0.4, 0.5) is 0 Å². The summed E-state index contributed by atoms with van der Waals surface area (Å²) in [5.74, 6) is -1.69. The van der Waals surface area contributed by atoms with Crippen molar-refractivity contribution in [2.24, 2.45) is 5.92 Å². The van der Waals surface area contributed by atoms with Gasteiger partial charge in [0, 0.05) is 45.2 Å². The number of pyridine rings is 1. The number of hydrogen-bond acceptors (Lipinski definition) is 9. The molecule has 2 aromatic rings. The maximum absolute atomic E-state index is 13.2. The van der Waals surface area contributed by atoms with Crippen LogP contribution in [-0.2, 0) is 30.2 Å². The summed E-state index contributed by atoms with van der Waals surface area (Å²) in [5.41, 5.74) is 0.877. The van der Waals surface area contributed by atoms with Crippen molar-refractivity contribution in [3.05, 3.63) is 53.9 Å². The molecule has 2 heterocycles. The number of cyclic esters (lactones) is 1. The van der Waals surface area contributed by atoms with Crippen LogP contribution >= 0.6 is 0 Å². The Labute approximate surface area is 223 Å². The SMILES string of the molecule is COc1ccnc(C(=O)N[C@H]2CCO[C@H](Cc3ccccc3)[C@@H](OCC(C)C)[C@H](C)OC2=O)c1OC(C)=O. The Bertz CT molecular complexity index is 1090. The second-order valence-corrected chi connectivity index (χ2v) is 9.53. The number of rotatable bonds is 9. The van der Waals surface area contributed by atoms with Gasteiger partial charge in [-0.25, -0.2) is 9.78 Å². The number of amides is 1. The second kappa shape index (κ2) is 13.9. The molecule has 1 saturated heterocycles. The molecule has 1 amide bonds. The molecule has 0 spiro atoms. The monoisotopic (exact) mass is 528 g/mol. The van der Waals surface area contributed by atoms with Gasteiger partial charge in [0.25, 0.3) is 5.91 Å². The van der Waals surface area contributed by atoms with E-state index in [0.29, 0.717) is 13.0 Å². The van der Waals surface area contributed by atoms with Gasteiger partial charge in [0.1, 0.15) is 18.2 Å². The molecule has 1 aromatic heterocycles. The van der Waals surface area contributed by atoms with E-state index in [1.165, 1.54) is 26.3 Å². The zero-order chi connectivity index (χ0) is 27.7. The van der Waals surface area contributed by atoms with Crippen LogP contribution in [0.3, 0.4) is 0 Å². The summed E-state index contributed by atoms with van der Waals surface area (Å²) in [4.78, 5) is 42.0. The van der Waals surface area contributed by atoms with Gasteiger partial charge in [-0.05, 0) is 18.4 Å². The van der Waals surface area contributed by atoms with Gasteiger partial charge in [0.2, 0.25) is 5.75 Å². The molecular weight excluding hydrogens is 492 g/mol. The smallest absolute Gasteiger partial charge is 0.329 e. The molecule has 1 N–H and O–H groups in total. The largest absolute Gasteiger partial charge is 0.493 e. The zero-order valence-electron chi connectivity index (χ0n) is 22.5. The van der Waals surface area contributed by atoms with Crippen molar-refractivity contribution in [2.45, 2.75) is 64.9 Å². The van der Waals surface area contributed by atoms with E-state index >= 15 is 0 Å². The predicted octanol–water partition coefficient (Wildman–Crippen LogP) is 3.12. The van der Waals surface area contributed by atoms with E-state index in [2.05, 4.69) is 10.3 Å². The average molecular weight is 529 g/mol. The van der Waals surface area contributed by atoms with Gasteiger partial charge in [0.15, 0.2) is 11.4 Å². The highest BCUT2D eigenvalue weighted by Gasteiger charge is 2.36. The number of benzene rings is 1. The lowest BCUT2D eigenvalue weighted by Gasteiger charge is -2.31. The Balaban J connectivity index is 1.81. The van der Waals surface area contributed by atoms with E-state index in [0.717, 1.165) is 5.56 Å². The Morgan fingerprint density at radius 1 is 1.18 bits per heavy atom. The first-order valence-electron chi connectivity index (χ1n) is 12.7. The Kier molecular flexibility index (Phi) is 10.6. The molecule has 1 aliphatic heterocycles. The molecule has 4 atom stereocenters. The van der Waals surface area contributed by atoms with Gasteiger partial charge in [-0.3, -0.25) is 9.59 Å². The summed E-state index contributed by atoms with van der Waals surface area (Å²) >= 11 is 0.